The smallest absolute Gasteiger partial charge is 0.268 e. The number of aromatic nitrogens is 1. The molecule has 0 atom stereocenters. The van der Waals surface area contributed by atoms with Crippen LogP contribution in [0.4, 0.5) is 0 Å². The number of hydrogen-bond donors (Lipinski definition) is 1. The lowest BCUT2D eigenvalue weighted by molar-refractivity contribution is 0.0997. The van der Waals surface area contributed by atoms with E-state index < -0.39 is 5.91 Å². The number of hydrogen-bond acceptors (Lipinski definition) is 3. The molecule has 2 aromatic heterocycles. The van der Waals surface area contributed by atoms with Gasteiger partial charge in [-0.2, -0.15) is 0 Å². The molecule has 0 aliphatic rings. The molecule has 2 N–H and O–H groups in total. The minimum absolute atomic E-state index is 0.251. The molecular weight excluding hydrogens is 156 g/mol. The summed E-state index contributed by atoms with van der Waals surface area (Å²) in [5.41, 5.74) is 5.97. The first kappa shape index (κ1) is 6.84. The first-order valence-electron chi connectivity index (χ1n) is 3.41. The fourth-order valence-electron chi connectivity index (χ4n) is 1.09. The minimum atomic E-state index is -0.540. The van der Waals surface area contributed by atoms with Crippen LogP contribution in [0.25, 0.3) is 11.0 Å². The maximum absolute atomic E-state index is 10.8. The summed E-state index contributed by atoms with van der Waals surface area (Å²) in [5, 5.41) is 0.657. The third kappa shape index (κ3) is 0.852. The first-order chi connectivity index (χ1) is 5.79. The molecule has 2 rings (SSSR count). The van der Waals surface area contributed by atoms with Crippen molar-refractivity contribution in [2.75, 3.05) is 0 Å². The molecule has 12 heavy (non-hydrogen) atoms. The molecule has 0 aromatic carbocycles. The summed E-state index contributed by atoms with van der Waals surface area (Å²) in [4.78, 5) is 14.7. The predicted molar refractivity (Wildman–Crippen MR) is 42.5 cm³/mol. The van der Waals surface area contributed by atoms with E-state index in [1.54, 1.807) is 12.1 Å². The topological polar surface area (TPSA) is 69.1 Å². The van der Waals surface area contributed by atoms with Gasteiger partial charge < -0.3 is 10.2 Å². The van der Waals surface area contributed by atoms with Crippen molar-refractivity contribution in [2.24, 2.45) is 5.73 Å². The van der Waals surface area contributed by atoms with Crippen LogP contribution in [-0.2, 0) is 0 Å². The predicted octanol–water partition coefficient (Wildman–Crippen LogP) is 0.927. The van der Waals surface area contributed by atoms with E-state index in [1.807, 2.05) is 0 Å². The van der Waals surface area contributed by atoms with Crippen LogP contribution in [-0.4, -0.2) is 10.9 Å². The lowest BCUT2D eigenvalue weighted by Gasteiger charge is -1.93. The van der Waals surface area contributed by atoms with E-state index in [1.165, 1.54) is 12.5 Å². The maximum atomic E-state index is 10.8. The quantitative estimate of drug-likeness (QED) is 0.678. The van der Waals surface area contributed by atoms with E-state index in [2.05, 4.69) is 4.98 Å². The Kier molecular flexibility index (Phi) is 1.33. The summed E-state index contributed by atoms with van der Waals surface area (Å²) >= 11 is 0. The van der Waals surface area contributed by atoms with Gasteiger partial charge in [0.1, 0.15) is 11.3 Å². The van der Waals surface area contributed by atoms with E-state index >= 15 is 0 Å². The fraction of sp³-hybridized carbons (Fsp3) is 0. The summed E-state index contributed by atoms with van der Waals surface area (Å²) in [6.45, 7) is 0. The third-order valence-corrected chi connectivity index (χ3v) is 1.61. The Morgan fingerprint density at radius 2 is 2.33 bits per heavy atom. The van der Waals surface area contributed by atoms with Crippen molar-refractivity contribution in [3.63, 3.8) is 0 Å². The van der Waals surface area contributed by atoms with Gasteiger partial charge in [0.05, 0.1) is 11.6 Å². The highest BCUT2D eigenvalue weighted by molar-refractivity contribution is 6.02. The largest absolute Gasteiger partial charge is 0.464 e. The second-order valence-corrected chi connectivity index (χ2v) is 2.36. The minimum Gasteiger partial charge on any atom is -0.464 e. The highest BCUT2D eigenvalue weighted by Gasteiger charge is 2.08. The highest BCUT2D eigenvalue weighted by Crippen LogP contribution is 2.16. The molecule has 0 unspecified atom stereocenters. The lowest BCUT2D eigenvalue weighted by Crippen LogP contribution is -2.12. The van der Waals surface area contributed by atoms with Crippen molar-refractivity contribution >= 4 is 16.9 Å². The third-order valence-electron chi connectivity index (χ3n) is 1.61. The fourth-order valence-corrected chi connectivity index (χ4v) is 1.09. The van der Waals surface area contributed by atoms with Gasteiger partial charge in [-0.05, 0) is 12.1 Å². The Morgan fingerprint density at radius 1 is 1.50 bits per heavy atom. The van der Waals surface area contributed by atoms with Crippen molar-refractivity contribution < 1.29 is 9.21 Å². The molecule has 0 fully saturated rings. The van der Waals surface area contributed by atoms with Crippen molar-refractivity contribution in [1.82, 2.24) is 4.98 Å². The van der Waals surface area contributed by atoms with Crippen LogP contribution in [0.15, 0.2) is 29.0 Å². The molecule has 0 saturated heterocycles. The molecule has 4 nitrogen and oxygen atoms in total. The Morgan fingerprint density at radius 3 is 3.08 bits per heavy atom. The molecule has 2 aromatic rings. The van der Waals surface area contributed by atoms with Crippen LogP contribution in [0.3, 0.4) is 0 Å². The van der Waals surface area contributed by atoms with E-state index in [0.29, 0.717) is 11.0 Å². The Labute approximate surface area is 68.0 Å². The van der Waals surface area contributed by atoms with Crippen molar-refractivity contribution in [1.29, 1.82) is 0 Å². The molecule has 0 aliphatic carbocycles. The summed E-state index contributed by atoms with van der Waals surface area (Å²) in [6.07, 6.45) is 2.99. The number of amides is 1. The molecule has 0 spiro atoms. The zero-order valence-corrected chi connectivity index (χ0v) is 6.15. The normalized spacial score (nSPS) is 10.3. The number of furan rings is 1. The van der Waals surface area contributed by atoms with Gasteiger partial charge in [-0.1, -0.05) is 0 Å². The second-order valence-electron chi connectivity index (χ2n) is 2.36. The van der Waals surface area contributed by atoms with E-state index in [0.717, 1.165) is 0 Å². The number of rotatable bonds is 1. The van der Waals surface area contributed by atoms with Gasteiger partial charge in [0.15, 0.2) is 0 Å². The van der Waals surface area contributed by atoms with Gasteiger partial charge in [0.25, 0.3) is 5.91 Å². The van der Waals surface area contributed by atoms with Gasteiger partial charge in [0.2, 0.25) is 0 Å². The molecule has 0 bridgehead atoms. The second kappa shape index (κ2) is 2.34. The SMILES string of the molecule is NC(=O)c1nccc2occc12. The molecule has 1 amide bonds. The van der Waals surface area contributed by atoms with Gasteiger partial charge in [-0.15, -0.1) is 0 Å². The van der Waals surface area contributed by atoms with E-state index in [4.69, 9.17) is 10.2 Å². The van der Waals surface area contributed by atoms with E-state index in [9.17, 15) is 4.79 Å². The van der Waals surface area contributed by atoms with Gasteiger partial charge >= 0.3 is 0 Å². The van der Waals surface area contributed by atoms with Crippen molar-refractivity contribution in [3.05, 3.63) is 30.3 Å². The van der Waals surface area contributed by atoms with Crippen molar-refractivity contribution in [2.45, 2.75) is 0 Å². The number of carbonyl (C=O) groups is 1. The van der Waals surface area contributed by atoms with E-state index in [-0.39, 0.29) is 5.69 Å². The molecule has 0 radical (unpaired) electrons. The number of fused-ring (bicyclic) bond motifs is 1. The average Bonchev–Trinajstić information content (AvgIpc) is 2.49. The van der Waals surface area contributed by atoms with Crippen molar-refractivity contribution in [3.8, 4) is 0 Å². The Hall–Kier alpha value is -1.84. The number of pyridine rings is 1. The summed E-state index contributed by atoms with van der Waals surface area (Å²) < 4.78 is 5.06. The number of primary amides is 1. The Bertz CT molecular complexity index is 433. The molecular formula is C8H6N2O2. The zero-order valence-electron chi connectivity index (χ0n) is 6.15. The summed E-state index contributed by atoms with van der Waals surface area (Å²) in [5.74, 6) is -0.540. The van der Waals surface area contributed by atoms with Gasteiger partial charge in [0, 0.05) is 6.20 Å². The monoisotopic (exact) mass is 162 g/mol. The van der Waals surface area contributed by atoms with Crippen LogP contribution in [0, 0.1) is 0 Å². The van der Waals surface area contributed by atoms with Gasteiger partial charge in [-0.3, -0.25) is 9.78 Å². The lowest BCUT2D eigenvalue weighted by atomic mass is 10.2. The van der Waals surface area contributed by atoms with Crippen LogP contribution in [0.1, 0.15) is 10.5 Å². The van der Waals surface area contributed by atoms with Crippen LogP contribution in [0.5, 0.6) is 0 Å². The maximum Gasteiger partial charge on any atom is 0.268 e. The van der Waals surface area contributed by atoms with Crippen LogP contribution in [0.2, 0.25) is 0 Å². The van der Waals surface area contributed by atoms with Crippen LogP contribution >= 0.6 is 0 Å². The zero-order chi connectivity index (χ0) is 8.55. The number of nitrogens with zero attached hydrogens (tertiary/aromatic N) is 1. The molecule has 0 saturated carbocycles. The van der Waals surface area contributed by atoms with Gasteiger partial charge in [-0.25, -0.2) is 0 Å². The number of carbonyl (C=O) groups excluding carboxylic acids is 1. The summed E-state index contributed by atoms with van der Waals surface area (Å²) in [6, 6.07) is 3.35. The summed E-state index contributed by atoms with van der Waals surface area (Å²) in [7, 11) is 0. The van der Waals surface area contributed by atoms with Crippen LogP contribution < -0.4 is 5.73 Å². The molecule has 0 aliphatic heterocycles. The molecule has 60 valence electrons. The standard InChI is InChI=1S/C8H6N2O2/c9-8(11)7-5-2-4-12-6(5)1-3-10-7/h1-4H,(H2,9,11). The first-order valence-corrected chi connectivity index (χ1v) is 3.41. The Balaban J connectivity index is 2.82. The highest BCUT2D eigenvalue weighted by atomic mass is 16.3. The average molecular weight is 162 g/mol. The number of nitrogens with two attached hydrogens (primary N) is 1. The molecule has 4 heteroatoms. The molecule has 2 heterocycles.